The molecule has 0 aromatic rings. The SMILES string of the molecule is O=C(CBr)CC1CNC1. The van der Waals surface area contributed by atoms with Crippen molar-refractivity contribution in [2.24, 2.45) is 5.92 Å². The first-order chi connectivity index (χ1) is 4.33. The standard InChI is InChI=1S/C6H10BrNO/c7-2-6(9)1-5-3-8-4-5/h5,8H,1-4H2. The van der Waals surface area contributed by atoms with Gasteiger partial charge in [-0.05, 0) is 19.0 Å². The van der Waals surface area contributed by atoms with E-state index in [9.17, 15) is 4.79 Å². The van der Waals surface area contributed by atoms with Crippen LogP contribution in [0.2, 0.25) is 0 Å². The zero-order valence-corrected chi connectivity index (χ0v) is 6.78. The molecule has 1 heterocycles. The summed E-state index contributed by atoms with van der Waals surface area (Å²) in [5.74, 6) is 0.941. The van der Waals surface area contributed by atoms with Crippen LogP contribution < -0.4 is 5.32 Å². The van der Waals surface area contributed by atoms with Gasteiger partial charge in [-0.15, -0.1) is 0 Å². The largest absolute Gasteiger partial charge is 0.316 e. The number of nitrogens with one attached hydrogen (secondary N) is 1. The third kappa shape index (κ3) is 2.06. The van der Waals surface area contributed by atoms with E-state index in [2.05, 4.69) is 21.2 Å². The zero-order valence-electron chi connectivity index (χ0n) is 5.19. The molecule has 1 saturated heterocycles. The zero-order chi connectivity index (χ0) is 6.69. The summed E-state index contributed by atoms with van der Waals surface area (Å²) in [6.07, 6.45) is 0.748. The second kappa shape index (κ2) is 3.32. The number of carbonyl (C=O) groups excluding carboxylic acids is 1. The van der Waals surface area contributed by atoms with Gasteiger partial charge in [-0.25, -0.2) is 0 Å². The minimum Gasteiger partial charge on any atom is -0.316 e. The van der Waals surface area contributed by atoms with Gasteiger partial charge in [0.25, 0.3) is 0 Å². The minimum absolute atomic E-state index is 0.321. The Bertz CT molecular complexity index is 112. The van der Waals surface area contributed by atoms with E-state index in [4.69, 9.17) is 0 Å². The number of hydrogen-bond acceptors (Lipinski definition) is 2. The van der Waals surface area contributed by atoms with Crippen LogP contribution in [0.4, 0.5) is 0 Å². The van der Waals surface area contributed by atoms with Gasteiger partial charge in [-0.1, -0.05) is 15.9 Å². The fraction of sp³-hybridized carbons (Fsp3) is 0.833. The monoisotopic (exact) mass is 191 g/mol. The summed E-state index contributed by atoms with van der Waals surface area (Å²) in [6.45, 7) is 2.05. The highest BCUT2D eigenvalue weighted by Crippen LogP contribution is 2.08. The molecule has 1 N–H and O–H groups in total. The molecule has 0 atom stereocenters. The Balaban J connectivity index is 2.09. The molecule has 1 fully saturated rings. The molecule has 2 nitrogen and oxygen atoms in total. The van der Waals surface area contributed by atoms with Gasteiger partial charge in [0.15, 0.2) is 0 Å². The van der Waals surface area contributed by atoms with E-state index < -0.39 is 0 Å². The van der Waals surface area contributed by atoms with Crippen LogP contribution in [-0.4, -0.2) is 24.2 Å². The highest BCUT2D eigenvalue weighted by atomic mass is 79.9. The van der Waals surface area contributed by atoms with E-state index in [1.165, 1.54) is 0 Å². The number of halogens is 1. The molecule has 1 aliphatic heterocycles. The van der Waals surface area contributed by atoms with Crippen molar-refractivity contribution in [2.75, 3.05) is 18.4 Å². The Labute approximate surface area is 63.1 Å². The summed E-state index contributed by atoms with van der Waals surface area (Å²) < 4.78 is 0. The highest BCUT2D eigenvalue weighted by molar-refractivity contribution is 9.09. The van der Waals surface area contributed by atoms with Gasteiger partial charge < -0.3 is 5.32 Å². The van der Waals surface area contributed by atoms with Gasteiger partial charge in [-0.3, -0.25) is 4.79 Å². The van der Waals surface area contributed by atoms with Gasteiger partial charge in [0.1, 0.15) is 5.78 Å². The van der Waals surface area contributed by atoms with Crippen molar-refractivity contribution in [3.8, 4) is 0 Å². The van der Waals surface area contributed by atoms with Crippen molar-refractivity contribution in [1.82, 2.24) is 5.32 Å². The van der Waals surface area contributed by atoms with Crippen LogP contribution >= 0.6 is 15.9 Å². The van der Waals surface area contributed by atoms with Crippen molar-refractivity contribution in [1.29, 1.82) is 0 Å². The van der Waals surface area contributed by atoms with Crippen molar-refractivity contribution in [2.45, 2.75) is 6.42 Å². The Morgan fingerprint density at radius 1 is 1.67 bits per heavy atom. The number of ketones is 1. The minimum atomic E-state index is 0.321. The van der Waals surface area contributed by atoms with Crippen LogP contribution in [0, 0.1) is 5.92 Å². The fourth-order valence-corrected chi connectivity index (χ4v) is 1.10. The van der Waals surface area contributed by atoms with Crippen molar-refractivity contribution in [3.63, 3.8) is 0 Å². The Hall–Kier alpha value is 0.110. The van der Waals surface area contributed by atoms with Gasteiger partial charge in [-0.2, -0.15) is 0 Å². The lowest BCUT2D eigenvalue weighted by Crippen LogP contribution is -2.43. The predicted molar refractivity (Wildman–Crippen MR) is 39.8 cm³/mol. The Morgan fingerprint density at radius 2 is 2.33 bits per heavy atom. The van der Waals surface area contributed by atoms with Crippen LogP contribution in [0.25, 0.3) is 0 Å². The first kappa shape index (κ1) is 7.22. The summed E-state index contributed by atoms with van der Waals surface area (Å²) in [7, 11) is 0. The molecular formula is C6H10BrNO. The topological polar surface area (TPSA) is 29.1 Å². The Morgan fingerprint density at radius 3 is 2.67 bits per heavy atom. The van der Waals surface area contributed by atoms with Crippen LogP contribution in [0.5, 0.6) is 0 Å². The number of Topliss-reactive ketones (excluding diaryl/α,β-unsaturated/α-hetero) is 1. The number of hydrogen-bond donors (Lipinski definition) is 1. The molecule has 0 radical (unpaired) electrons. The van der Waals surface area contributed by atoms with Crippen molar-refractivity contribution < 1.29 is 4.79 Å². The molecule has 0 aromatic heterocycles. The molecule has 0 spiro atoms. The first-order valence-electron chi connectivity index (χ1n) is 3.11. The lowest BCUT2D eigenvalue weighted by molar-refractivity contribution is -0.117. The highest BCUT2D eigenvalue weighted by Gasteiger charge is 2.18. The molecule has 0 amide bonds. The molecule has 52 valence electrons. The maximum absolute atomic E-state index is 10.7. The molecular weight excluding hydrogens is 182 g/mol. The quantitative estimate of drug-likeness (QED) is 0.662. The van der Waals surface area contributed by atoms with Crippen LogP contribution in [0.3, 0.4) is 0 Å². The molecule has 0 saturated carbocycles. The summed E-state index contributed by atoms with van der Waals surface area (Å²) in [6, 6.07) is 0. The second-order valence-electron chi connectivity index (χ2n) is 2.40. The molecule has 0 aliphatic carbocycles. The van der Waals surface area contributed by atoms with E-state index >= 15 is 0 Å². The fourth-order valence-electron chi connectivity index (χ4n) is 0.869. The van der Waals surface area contributed by atoms with Gasteiger partial charge in [0, 0.05) is 6.42 Å². The number of carbonyl (C=O) groups is 1. The average molecular weight is 192 g/mol. The van der Waals surface area contributed by atoms with E-state index in [1.54, 1.807) is 0 Å². The average Bonchev–Trinajstić information content (AvgIpc) is 1.78. The normalized spacial score (nSPS) is 19.2. The smallest absolute Gasteiger partial charge is 0.143 e. The van der Waals surface area contributed by atoms with Crippen molar-refractivity contribution >= 4 is 21.7 Å². The molecule has 3 heteroatoms. The van der Waals surface area contributed by atoms with Crippen LogP contribution in [0.1, 0.15) is 6.42 Å². The molecule has 9 heavy (non-hydrogen) atoms. The summed E-state index contributed by atoms with van der Waals surface area (Å²) in [4.78, 5) is 10.7. The first-order valence-corrected chi connectivity index (χ1v) is 4.23. The maximum Gasteiger partial charge on any atom is 0.143 e. The molecule has 0 unspecified atom stereocenters. The summed E-state index contributed by atoms with van der Waals surface area (Å²) >= 11 is 3.13. The molecule has 0 aromatic carbocycles. The van der Waals surface area contributed by atoms with Gasteiger partial charge in [0.05, 0.1) is 5.33 Å². The lowest BCUT2D eigenvalue weighted by atomic mass is 9.98. The third-order valence-corrected chi connectivity index (χ3v) is 2.16. The third-order valence-electron chi connectivity index (χ3n) is 1.53. The summed E-state index contributed by atoms with van der Waals surface area (Å²) in [5, 5.41) is 3.64. The van der Waals surface area contributed by atoms with Crippen molar-refractivity contribution in [3.05, 3.63) is 0 Å². The van der Waals surface area contributed by atoms with E-state index in [-0.39, 0.29) is 0 Å². The lowest BCUT2D eigenvalue weighted by Gasteiger charge is -2.25. The number of rotatable bonds is 3. The van der Waals surface area contributed by atoms with Gasteiger partial charge >= 0.3 is 0 Å². The second-order valence-corrected chi connectivity index (χ2v) is 2.96. The van der Waals surface area contributed by atoms with E-state index in [0.29, 0.717) is 17.0 Å². The van der Waals surface area contributed by atoms with Crippen LogP contribution in [0.15, 0.2) is 0 Å². The van der Waals surface area contributed by atoms with E-state index in [1.807, 2.05) is 0 Å². The Kier molecular flexibility index (Phi) is 2.66. The maximum atomic E-state index is 10.7. The molecule has 1 rings (SSSR count). The predicted octanol–water partition coefficient (Wildman–Crippen LogP) is 0.560. The van der Waals surface area contributed by atoms with Gasteiger partial charge in [0.2, 0.25) is 0 Å². The van der Waals surface area contributed by atoms with E-state index in [0.717, 1.165) is 19.5 Å². The molecule has 0 bridgehead atoms. The summed E-state index contributed by atoms with van der Waals surface area (Å²) in [5.41, 5.74) is 0. The van der Waals surface area contributed by atoms with Crippen LogP contribution in [-0.2, 0) is 4.79 Å². The molecule has 1 aliphatic rings. The number of alkyl halides is 1.